The van der Waals surface area contributed by atoms with Crippen LogP contribution in [0.3, 0.4) is 0 Å². The first-order chi connectivity index (χ1) is 9.03. The number of carbonyl (C=O) groups is 1. The Hall–Kier alpha value is -2.17. The van der Waals surface area contributed by atoms with Crippen LogP contribution in [0, 0.1) is 12.7 Å². The van der Waals surface area contributed by atoms with Crippen LogP contribution in [0.15, 0.2) is 30.3 Å². The maximum atomic E-state index is 13.0. The number of hydrogen-bond acceptors (Lipinski definition) is 3. The molecule has 0 bridgehead atoms. The second-order valence-electron chi connectivity index (χ2n) is 5.02. The smallest absolute Gasteiger partial charge is 0.259 e. The van der Waals surface area contributed by atoms with Gasteiger partial charge >= 0.3 is 0 Å². The number of nitrogens with zero attached hydrogens (tertiary/aromatic N) is 2. The van der Waals surface area contributed by atoms with Crippen LogP contribution in [0.1, 0.15) is 28.9 Å². The van der Waals surface area contributed by atoms with Crippen molar-refractivity contribution in [3.8, 4) is 0 Å². The molecule has 0 radical (unpaired) electrons. The van der Waals surface area contributed by atoms with Gasteiger partial charge < -0.3 is 5.73 Å². The molecule has 1 heterocycles. The van der Waals surface area contributed by atoms with E-state index in [0.29, 0.717) is 11.5 Å². The van der Waals surface area contributed by atoms with Gasteiger partial charge in [0.25, 0.3) is 5.91 Å². The summed E-state index contributed by atoms with van der Waals surface area (Å²) in [6.45, 7) is 1.79. The summed E-state index contributed by atoms with van der Waals surface area (Å²) in [4.78, 5) is 12.6. The third-order valence-corrected chi connectivity index (χ3v) is 3.61. The molecular formula is C14H14FN3O. The Labute approximate surface area is 110 Å². The van der Waals surface area contributed by atoms with Crippen molar-refractivity contribution in [3.05, 3.63) is 47.4 Å². The van der Waals surface area contributed by atoms with Crippen molar-refractivity contribution in [3.63, 3.8) is 0 Å². The predicted molar refractivity (Wildman–Crippen MR) is 69.3 cm³/mol. The summed E-state index contributed by atoms with van der Waals surface area (Å²) in [5, 5.41) is 4.13. The lowest BCUT2D eigenvalue weighted by Gasteiger charge is -2.14. The standard InChI is InChI=1S/C14H14FN3O/c1-9-8-12(16)18(17-9)13(19)14(6-7-14)10-2-4-11(15)5-3-10/h2-5,8H,6-7,16H2,1H3. The SMILES string of the molecule is Cc1cc(N)n(C(=O)C2(c3ccc(F)cc3)CC2)n1. The van der Waals surface area contributed by atoms with E-state index in [1.807, 2.05) is 0 Å². The van der Waals surface area contributed by atoms with Gasteiger partial charge in [0.1, 0.15) is 11.6 Å². The van der Waals surface area contributed by atoms with Crippen LogP contribution in [0.25, 0.3) is 0 Å². The van der Waals surface area contributed by atoms with Gasteiger partial charge in [-0.3, -0.25) is 4.79 Å². The third kappa shape index (κ3) is 1.82. The molecule has 1 aliphatic rings. The van der Waals surface area contributed by atoms with Crippen molar-refractivity contribution < 1.29 is 9.18 Å². The topological polar surface area (TPSA) is 60.9 Å². The molecule has 2 N–H and O–H groups in total. The summed E-state index contributed by atoms with van der Waals surface area (Å²) >= 11 is 0. The zero-order valence-electron chi connectivity index (χ0n) is 10.6. The van der Waals surface area contributed by atoms with Crippen LogP contribution >= 0.6 is 0 Å². The molecule has 0 aliphatic heterocycles. The molecule has 4 nitrogen and oxygen atoms in total. The van der Waals surface area contributed by atoms with Gasteiger partial charge in [0.05, 0.1) is 11.1 Å². The number of halogens is 1. The van der Waals surface area contributed by atoms with Crippen molar-refractivity contribution in [1.29, 1.82) is 0 Å². The Morgan fingerprint density at radius 1 is 1.37 bits per heavy atom. The first kappa shape index (κ1) is 11.9. The zero-order valence-corrected chi connectivity index (χ0v) is 10.6. The number of nitrogens with two attached hydrogens (primary N) is 1. The molecule has 1 aliphatic carbocycles. The molecule has 1 aromatic carbocycles. The number of hydrogen-bond donors (Lipinski definition) is 1. The molecule has 3 rings (SSSR count). The number of nitrogen functional groups attached to an aromatic ring is 1. The zero-order chi connectivity index (χ0) is 13.6. The summed E-state index contributed by atoms with van der Waals surface area (Å²) < 4.78 is 14.2. The van der Waals surface area contributed by atoms with E-state index in [1.165, 1.54) is 16.8 Å². The number of aryl methyl sites for hydroxylation is 1. The van der Waals surface area contributed by atoms with Crippen LogP contribution in [0.5, 0.6) is 0 Å². The molecular weight excluding hydrogens is 245 g/mol. The lowest BCUT2D eigenvalue weighted by molar-refractivity contribution is 0.0848. The van der Waals surface area contributed by atoms with Crippen LogP contribution in [-0.2, 0) is 5.41 Å². The number of carbonyl (C=O) groups excluding carboxylic acids is 1. The highest BCUT2D eigenvalue weighted by Gasteiger charge is 2.52. The van der Waals surface area contributed by atoms with Gasteiger partial charge in [0.2, 0.25) is 0 Å². The average Bonchev–Trinajstić information content (AvgIpc) is 3.11. The van der Waals surface area contributed by atoms with Crippen molar-refractivity contribution in [2.45, 2.75) is 25.2 Å². The van der Waals surface area contributed by atoms with E-state index in [0.717, 1.165) is 18.4 Å². The van der Waals surface area contributed by atoms with Crippen LogP contribution < -0.4 is 5.73 Å². The molecule has 98 valence electrons. The van der Waals surface area contributed by atoms with Crippen molar-refractivity contribution in [2.75, 3.05) is 5.73 Å². The largest absolute Gasteiger partial charge is 0.383 e. The fourth-order valence-electron chi connectivity index (χ4n) is 2.40. The molecule has 0 amide bonds. The third-order valence-electron chi connectivity index (χ3n) is 3.61. The molecule has 1 aromatic heterocycles. The monoisotopic (exact) mass is 259 g/mol. The van der Waals surface area contributed by atoms with E-state index < -0.39 is 5.41 Å². The van der Waals surface area contributed by atoms with Gasteiger partial charge in [-0.2, -0.15) is 9.78 Å². The first-order valence-corrected chi connectivity index (χ1v) is 6.16. The highest BCUT2D eigenvalue weighted by molar-refractivity contribution is 5.94. The summed E-state index contributed by atoms with van der Waals surface area (Å²) in [7, 11) is 0. The lowest BCUT2D eigenvalue weighted by atomic mass is 9.95. The van der Waals surface area contributed by atoms with Gasteiger partial charge in [-0.15, -0.1) is 0 Å². The Morgan fingerprint density at radius 2 is 2.00 bits per heavy atom. The molecule has 1 saturated carbocycles. The Morgan fingerprint density at radius 3 is 2.47 bits per heavy atom. The Kier molecular flexibility index (Phi) is 2.45. The summed E-state index contributed by atoms with van der Waals surface area (Å²) in [5.41, 5.74) is 6.74. The fraction of sp³-hybridized carbons (Fsp3) is 0.286. The van der Waals surface area contributed by atoms with Gasteiger partial charge in [0.15, 0.2) is 0 Å². The van der Waals surface area contributed by atoms with Gasteiger partial charge in [0, 0.05) is 6.07 Å². The summed E-state index contributed by atoms with van der Waals surface area (Å²) in [6.07, 6.45) is 1.49. The summed E-state index contributed by atoms with van der Waals surface area (Å²) in [5.74, 6) is -0.0953. The molecule has 0 atom stereocenters. The van der Waals surface area contributed by atoms with Gasteiger partial charge in [-0.25, -0.2) is 4.39 Å². The summed E-state index contributed by atoms with van der Waals surface area (Å²) in [6, 6.07) is 7.74. The van der Waals surface area contributed by atoms with Crippen LogP contribution in [-0.4, -0.2) is 15.7 Å². The van der Waals surface area contributed by atoms with Crippen LogP contribution in [0.4, 0.5) is 10.2 Å². The maximum Gasteiger partial charge on any atom is 0.259 e. The van der Waals surface area contributed by atoms with Crippen molar-refractivity contribution >= 4 is 11.7 Å². The lowest BCUT2D eigenvalue weighted by Crippen LogP contribution is -2.28. The maximum absolute atomic E-state index is 13.0. The minimum atomic E-state index is -0.583. The molecule has 0 unspecified atom stereocenters. The fourth-order valence-corrected chi connectivity index (χ4v) is 2.40. The Balaban J connectivity index is 1.99. The highest BCUT2D eigenvalue weighted by Crippen LogP contribution is 2.49. The predicted octanol–water partition coefficient (Wildman–Crippen LogP) is 2.28. The average molecular weight is 259 g/mol. The van der Waals surface area contributed by atoms with Crippen molar-refractivity contribution in [1.82, 2.24) is 9.78 Å². The minimum absolute atomic E-state index is 0.135. The quantitative estimate of drug-likeness (QED) is 0.900. The molecule has 5 heteroatoms. The van der Waals surface area contributed by atoms with Gasteiger partial charge in [-0.05, 0) is 37.5 Å². The minimum Gasteiger partial charge on any atom is -0.383 e. The van der Waals surface area contributed by atoms with E-state index in [9.17, 15) is 9.18 Å². The second-order valence-corrected chi connectivity index (χ2v) is 5.02. The second kappa shape index (κ2) is 3.91. The van der Waals surface area contributed by atoms with E-state index in [-0.39, 0.29) is 11.7 Å². The van der Waals surface area contributed by atoms with Crippen molar-refractivity contribution in [2.24, 2.45) is 0 Å². The van der Waals surface area contributed by atoms with Gasteiger partial charge in [-0.1, -0.05) is 12.1 Å². The molecule has 0 saturated heterocycles. The van der Waals surface area contributed by atoms with E-state index in [1.54, 1.807) is 25.1 Å². The van der Waals surface area contributed by atoms with E-state index in [2.05, 4.69) is 5.10 Å². The number of benzene rings is 1. The van der Waals surface area contributed by atoms with E-state index >= 15 is 0 Å². The van der Waals surface area contributed by atoms with E-state index in [4.69, 9.17) is 5.73 Å². The van der Waals surface area contributed by atoms with Crippen LogP contribution in [0.2, 0.25) is 0 Å². The molecule has 19 heavy (non-hydrogen) atoms. The highest BCUT2D eigenvalue weighted by atomic mass is 19.1. The number of aromatic nitrogens is 2. The normalized spacial score (nSPS) is 16.3. The molecule has 1 fully saturated rings. The molecule has 0 spiro atoms. The number of rotatable bonds is 2. The number of anilines is 1. The Bertz CT molecular complexity index is 641. The first-order valence-electron chi connectivity index (χ1n) is 6.16. The molecule has 2 aromatic rings.